The molecule has 1 amide bonds. The summed E-state index contributed by atoms with van der Waals surface area (Å²) in [6.45, 7) is 8.48. The van der Waals surface area contributed by atoms with E-state index in [9.17, 15) is 13.2 Å². The zero-order valence-corrected chi connectivity index (χ0v) is 13.6. The van der Waals surface area contributed by atoms with Gasteiger partial charge in [-0.3, -0.25) is 4.79 Å². The SMILES string of the molecule is CCCCCNC(=O)CCN(C(C)(C)C)S(C)(=O)=O. The second kappa shape index (κ2) is 7.85. The normalized spacial score (nSPS) is 12.7. The van der Waals surface area contributed by atoms with Crippen molar-refractivity contribution < 1.29 is 13.2 Å². The topological polar surface area (TPSA) is 66.5 Å². The lowest BCUT2D eigenvalue weighted by Crippen LogP contribution is -2.46. The summed E-state index contributed by atoms with van der Waals surface area (Å²) in [5.74, 6) is -0.0889. The van der Waals surface area contributed by atoms with Crippen LogP contribution in [0.15, 0.2) is 0 Å². The quantitative estimate of drug-likeness (QED) is 0.693. The first-order valence-electron chi connectivity index (χ1n) is 6.83. The first-order chi connectivity index (χ1) is 8.59. The van der Waals surface area contributed by atoms with Gasteiger partial charge in [0.1, 0.15) is 0 Å². The predicted octanol–water partition coefficient (Wildman–Crippen LogP) is 1.74. The molecule has 0 saturated heterocycles. The van der Waals surface area contributed by atoms with Gasteiger partial charge >= 0.3 is 0 Å². The van der Waals surface area contributed by atoms with Crippen LogP contribution in [0.1, 0.15) is 53.4 Å². The van der Waals surface area contributed by atoms with Crippen LogP contribution in [-0.4, -0.2) is 43.5 Å². The molecule has 0 aromatic carbocycles. The van der Waals surface area contributed by atoms with Gasteiger partial charge in [0.05, 0.1) is 6.26 Å². The van der Waals surface area contributed by atoms with Crippen molar-refractivity contribution in [3.05, 3.63) is 0 Å². The molecular formula is C13H28N2O3S. The van der Waals surface area contributed by atoms with Crippen molar-refractivity contribution in [2.45, 2.75) is 58.9 Å². The maximum Gasteiger partial charge on any atom is 0.221 e. The summed E-state index contributed by atoms with van der Waals surface area (Å²) in [6.07, 6.45) is 4.56. The van der Waals surface area contributed by atoms with Gasteiger partial charge in [-0.25, -0.2) is 8.42 Å². The van der Waals surface area contributed by atoms with Gasteiger partial charge in [0, 0.05) is 25.0 Å². The van der Waals surface area contributed by atoms with Crippen molar-refractivity contribution in [3.63, 3.8) is 0 Å². The zero-order valence-electron chi connectivity index (χ0n) is 12.8. The Bertz CT molecular complexity index is 372. The third-order valence-electron chi connectivity index (χ3n) is 2.79. The van der Waals surface area contributed by atoms with E-state index < -0.39 is 15.6 Å². The summed E-state index contributed by atoms with van der Waals surface area (Å²) in [7, 11) is -3.29. The fraction of sp³-hybridized carbons (Fsp3) is 0.923. The number of hydrogen-bond donors (Lipinski definition) is 1. The molecule has 0 aliphatic carbocycles. The lowest BCUT2D eigenvalue weighted by Gasteiger charge is -2.33. The van der Waals surface area contributed by atoms with E-state index in [2.05, 4.69) is 12.2 Å². The molecule has 0 fully saturated rings. The van der Waals surface area contributed by atoms with E-state index >= 15 is 0 Å². The van der Waals surface area contributed by atoms with E-state index in [0.717, 1.165) is 19.3 Å². The van der Waals surface area contributed by atoms with Gasteiger partial charge in [-0.2, -0.15) is 4.31 Å². The summed E-state index contributed by atoms with van der Waals surface area (Å²) >= 11 is 0. The highest BCUT2D eigenvalue weighted by atomic mass is 32.2. The molecule has 5 nitrogen and oxygen atoms in total. The molecule has 0 aliphatic rings. The van der Waals surface area contributed by atoms with E-state index in [0.29, 0.717) is 6.54 Å². The van der Waals surface area contributed by atoms with Crippen LogP contribution in [0.4, 0.5) is 0 Å². The minimum absolute atomic E-state index is 0.0889. The lowest BCUT2D eigenvalue weighted by atomic mass is 10.1. The van der Waals surface area contributed by atoms with Gasteiger partial charge in [-0.15, -0.1) is 0 Å². The van der Waals surface area contributed by atoms with E-state index in [1.54, 1.807) is 0 Å². The minimum atomic E-state index is -3.29. The van der Waals surface area contributed by atoms with E-state index in [4.69, 9.17) is 0 Å². The van der Waals surface area contributed by atoms with E-state index in [-0.39, 0.29) is 18.9 Å². The number of hydrogen-bond acceptors (Lipinski definition) is 3. The number of rotatable bonds is 8. The molecule has 0 rings (SSSR count). The number of nitrogens with zero attached hydrogens (tertiary/aromatic N) is 1. The molecule has 0 heterocycles. The molecule has 0 aromatic rings. The Kier molecular flexibility index (Phi) is 7.59. The van der Waals surface area contributed by atoms with Crippen LogP contribution >= 0.6 is 0 Å². The van der Waals surface area contributed by atoms with Crippen molar-refractivity contribution in [1.82, 2.24) is 9.62 Å². The van der Waals surface area contributed by atoms with Gasteiger partial charge in [0.25, 0.3) is 0 Å². The Morgan fingerprint density at radius 3 is 2.21 bits per heavy atom. The number of amides is 1. The fourth-order valence-corrected chi connectivity index (χ4v) is 3.31. The number of carbonyl (C=O) groups excluding carboxylic acids is 1. The molecule has 0 saturated carbocycles. The number of sulfonamides is 1. The van der Waals surface area contributed by atoms with Gasteiger partial charge in [-0.1, -0.05) is 19.8 Å². The average molecular weight is 292 g/mol. The zero-order chi connectivity index (χ0) is 15.1. The number of unbranched alkanes of at least 4 members (excludes halogenated alkanes) is 2. The number of carbonyl (C=O) groups is 1. The second-order valence-electron chi connectivity index (χ2n) is 5.81. The molecule has 19 heavy (non-hydrogen) atoms. The monoisotopic (exact) mass is 292 g/mol. The van der Waals surface area contributed by atoms with Crippen molar-refractivity contribution >= 4 is 15.9 Å². The predicted molar refractivity (Wildman–Crippen MR) is 78.5 cm³/mol. The molecule has 0 spiro atoms. The standard InChI is InChI=1S/C13H28N2O3S/c1-6-7-8-10-14-12(16)9-11-15(13(2,3)4)19(5,17)18/h6-11H2,1-5H3,(H,14,16). The van der Waals surface area contributed by atoms with Crippen LogP contribution in [0.3, 0.4) is 0 Å². The van der Waals surface area contributed by atoms with Gasteiger partial charge in [0.2, 0.25) is 15.9 Å². The van der Waals surface area contributed by atoms with E-state index in [1.807, 2.05) is 20.8 Å². The first-order valence-corrected chi connectivity index (χ1v) is 8.68. The summed E-state index contributed by atoms with van der Waals surface area (Å²) in [5, 5.41) is 2.82. The maximum absolute atomic E-state index is 11.7. The van der Waals surface area contributed by atoms with Crippen LogP contribution in [0.5, 0.6) is 0 Å². The van der Waals surface area contributed by atoms with Crippen LogP contribution < -0.4 is 5.32 Å². The van der Waals surface area contributed by atoms with Crippen LogP contribution in [0, 0.1) is 0 Å². The molecule has 0 bridgehead atoms. The smallest absolute Gasteiger partial charge is 0.221 e. The molecule has 0 radical (unpaired) electrons. The van der Waals surface area contributed by atoms with Crippen LogP contribution in [0.25, 0.3) is 0 Å². The Labute approximate surface area is 117 Å². The summed E-state index contributed by atoms with van der Waals surface area (Å²) in [4.78, 5) is 11.6. The highest BCUT2D eigenvalue weighted by Crippen LogP contribution is 2.17. The molecular weight excluding hydrogens is 264 g/mol. The van der Waals surface area contributed by atoms with Crippen molar-refractivity contribution in [3.8, 4) is 0 Å². The minimum Gasteiger partial charge on any atom is -0.356 e. The van der Waals surface area contributed by atoms with Crippen LogP contribution in [0.2, 0.25) is 0 Å². The number of nitrogens with one attached hydrogen (secondary N) is 1. The molecule has 6 heteroatoms. The van der Waals surface area contributed by atoms with Crippen molar-refractivity contribution in [2.75, 3.05) is 19.3 Å². The largest absolute Gasteiger partial charge is 0.356 e. The molecule has 0 unspecified atom stereocenters. The van der Waals surface area contributed by atoms with Gasteiger partial charge < -0.3 is 5.32 Å². The van der Waals surface area contributed by atoms with Crippen molar-refractivity contribution in [1.29, 1.82) is 0 Å². The summed E-state index contributed by atoms with van der Waals surface area (Å²) in [5.41, 5.74) is -0.504. The highest BCUT2D eigenvalue weighted by Gasteiger charge is 2.29. The molecule has 114 valence electrons. The summed E-state index contributed by atoms with van der Waals surface area (Å²) in [6, 6.07) is 0. The Balaban J connectivity index is 4.24. The third-order valence-corrected chi connectivity index (χ3v) is 4.32. The first kappa shape index (κ1) is 18.4. The average Bonchev–Trinajstić information content (AvgIpc) is 2.20. The molecule has 0 aromatic heterocycles. The maximum atomic E-state index is 11.7. The van der Waals surface area contributed by atoms with Crippen molar-refractivity contribution in [2.24, 2.45) is 0 Å². The highest BCUT2D eigenvalue weighted by molar-refractivity contribution is 7.88. The Morgan fingerprint density at radius 2 is 1.79 bits per heavy atom. The molecule has 0 atom stereocenters. The van der Waals surface area contributed by atoms with Crippen LogP contribution in [-0.2, 0) is 14.8 Å². The fourth-order valence-electron chi connectivity index (χ4n) is 1.89. The molecule has 0 aliphatic heterocycles. The van der Waals surface area contributed by atoms with E-state index in [1.165, 1.54) is 10.6 Å². The van der Waals surface area contributed by atoms with Gasteiger partial charge in [-0.05, 0) is 27.2 Å². The molecule has 1 N–H and O–H groups in total. The lowest BCUT2D eigenvalue weighted by molar-refractivity contribution is -0.121. The van der Waals surface area contributed by atoms with Gasteiger partial charge in [0.15, 0.2) is 0 Å². The Hall–Kier alpha value is -0.620. The second-order valence-corrected chi connectivity index (χ2v) is 7.72. The third kappa shape index (κ3) is 8.21. The summed E-state index contributed by atoms with van der Waals surface area (Å²) < 4.78 is 24.7. The Morgan fingerprint density at radius 1 is 1.21 bits per heavy atom.